The van der Waals surface area contributed by atoms with Gasteiger partial charge in [-0.2, -0.15) is 8.42 Å². The predicted octanol–water partition coefficient (Wildman–Crippen LogP) is -1.67. The molecule has 0 aromatic rings. The Labute approximate surface area is 120 Å². The molecule has 0 aliphatic rings. The Bertz CT molecular complexity index is 339. The molecule has 90 valence electrons. The van der Waals surface area contributed by atoms with Crippen molar-refractivity contribution in [1.29, 1.82) is 0 Å². The topological polar surface area (TPSA) is 69.7 Å². The van der Waals surface area contributed by atoms with Crippen LogP contribution in [0.25, 0.3) is 0 Å². The summed E-state index contributed by atoms with van der Waals surface area (Å²) < 4.78 is 31.4. The smallest absolute Gasteiger partial charge is 1.00 e. The van der Waals surface area contributed by atoms with Crippen LogP contribution < -0.4 is 29.6 Å². The molecule has 0 heterocycles. The van der Waals surface area contributed by atoms with Gasteiger partial charge in [-0.3, -0.25) is 4.18 Å². The van der Waals surface area contributed by atoms with Gasteiger partial charge in [0.05, 0.1) is 18.6 Å². The van der Waals surface area contributed by atoms with E-state index in [2.05, 4.69) is 4.18 Å². The second-order valence-electron chi connectivity index (χ2n) is 2.84. The SMILES string of the molecule is CCCOC(=O)C(C)=CS(=O)(=O)OCC.[H-].[Na+]. The average Bonchev–Trinajstić information content (AvgIpc) is 2.13. The number of ether oxygens (including phenoxy) is 1. The zero-order valence-electron chi connectivity index (χ0n) is 11.1. The minimum Gasteiger partial charge on any atom is -1.00 e. The first kappa shape index (κ1) is 18.5. The van der Waals surface area contributed by atoms with E-state index in [4.69, 9.17) is 4.74 Å². The van der Waals surface area contributed by atoms with Gasteiger partial charge < -0.3 is 6.16 Å². The minimum atomic E-state index is -3.76. The summed E-state index contributed by atoms with van der Waals surface area (Å²) in [5.41, 5.74) is 0.0110. The van der Waals surface area contributed by atoms with Gasteiger partial charge in [-0.15, -0.1) is 0 Å². The normalized spacial score (nSPS) is 11.8. The summed E-state index contributed by atoms with van der Waals surface area (Å²) in [5, 5.41) is 0.772. The molecule has 0 radical (unpaired) electrons. The third-order valence-electron chi connectivity index (χ3n) is 1.36. The Kier molecular flexibility index (Phi) is 10.6. The van der Waals surface area contributed by atoms with E-state index in [1.54, 1.807) is 6.92 Å². The fourth-order valence-corrected chi connectivity index (χ4v) is 1.70. The molecule has 0 bridgehead atoms. The Morgan fingerprint density at radius 3 is 2.38 bits per heavy atom. The van der Waals surface area contributed by atoms with Crippen LogP contribution in [0.1, 0.15) is 28.6 Å². The van der Waals surface area contributed by atoms with Gasteiger partial charge in [-0.05, 0) is 20.3 Å². The average molecular weight is 260 g/mol. The maximum Gasteiger partial charge on any atom is 1.00 e. The third-order valence-corrected chi connectivity index (χ3v) is 2.57. The summed E-state index contributed by atoms with van der Waals surface area (Å²) in [5.74, 6) is -0.639. The van der Waals surface area contributed by atoms with Gasteiger partial charge in [0, 0.05) is 5.57 Å². The second-order valence-corrected chi connectivity index (χ2v) is 4.29. The molecule has 0 unspecified atom stereocenters. The Hall–Kier alpha value is 0.120. The molecule has 0 saturated carbocycles. The summed E-state index contributed by atoms with van der Waals surface area (Å²) >= 11 is 0. The first-order valence-corrected chi connectivity index (χ1v) is 6.15. The standard InChI is InChI=1S/C9H16O5S.Na.H/c1-4-6-13-9(10)8(3)7-15(11,12)14-5-2;;/h7H,4-6H2,1-3H3;;/q;+1;-1. The van der Waals surface area contributed by atoms with Crippen LogP contribution in [-0.4, -0.2) is 27.6 Å². The molecule has 0 aromatic heterocycles. The van der Waals surface area contributed by atoms with E-state index in [1.807, 2.05) is 6.92 Å². The summed E-state index contributed by atoms with van der Waals surface area (Å²) in [4.78, 5) is 11.2. The van der Waals surface area contributed by atoms with E-state index in [-0.39, 0.29) is 49.8 Å². The van der Waals surface area contributed by atoms with Gasteiger partial charge in [0.2, 0.25) is 0 Å². The molecule has 0 saturated heterocycles. The largest absolute Gasteiger partial charge is 1.00 e. The molecule has 0 atom stereocenters. The van der Waals surface area contributed by atoms with Gasteiger partial charge in [0.15, 0.2) is 0 Å². The quantitative estimate of drug-likeness (QED) is 0.247. The summed E-state index contributed by atoms with van der Waals surface area (Å²) in [6, 6.07) is 0. The molecule has 16 heavy (non-hydrogen) atoms. The van der Waals surface area contributed by atoms with Crippen LogP contribution in [-0.2, 0) is 23.8 Å². The van der Waals surface area contributed by atoms with Crippen LogP contribution in [0.2, 0.25) is 0 Å². The van der Waals surface area contributed by atoms with E-state index in [9.17, 15) is 13.2 Å². The zero-order valence-corrected chi connectivity index (χ0v) is 13.0. The van der Waals surface area contributed by atoms with Crippen molar-refractivity contribution in [1.82, 2.24) is 0 Å². The molecule has 0 fully saturated rings. The Morgan fingerprint density at radius 1 is 1.38 bits per heavy atom. The molecule has 0 spiro atoms. The zero-order chi connectivity index (χ0) is 11.9. The predicted molar refractivity (Wildman–Crippen MR) is 56.7 cm³/mol. The summed E-state index contributed by atoms with van der Waals surface area (Å²) in [7, 11) is -3.76. The molecule has 0 aromatic carbocycles. The third kappa shape index (κ3) is 8.29. The molecule has 7 heteroatoms. The maximum atomic E-state index is 11.2. The van der Waals surface area contributed by atoms with Crippen molar-refractivity contribution in [3.63, 3.8) is 0 Å². The molecule has 0 rings (SSSR count). The van der Waals surface area contributed by atoms with Crippen LogP contribution in [0.5, 0.6) is 0 Å². The van der Waals surface area contributed by atoms with E-state index in [0.717, 1.165) is 5.41 Å². The molecule has 5 nitrogen and oxygen atoms in total. The molecular weight excluding hydrogens is 243 g/mol. The fourth-order valence-electron chi connectivity index (χ4n) is 0.772. The van der Waals surface area contributed by atoms with E-state index >= 15 is 0 Å². The van der Waals surface area contributed by atoms with Crippen LogP contribution in [0.4, 0.5) is 0 Å². The Balaban J connectivity index is -0.000000980. The number of rotatable bonds is 6. The van der Waals surface area contributed by atoms with Crippen LogP contribution in [0, 0.1) is 0 Å². The number of hydrogen-bond donors (Lipinski definition) is 0. The van der Waals surface area contributed by atoms with Crippen molar-refractivity contribution >= 4 is 16.1 Å². The fraction of sp³-hybridized carbons (Fsp3) is 0.667. The number of esters is 1. The van der Waals surface area contributed by atoms with Gasteiger partial charge in [0.1, 0.15) is 0 Å². The monoisotopic (exact) mass is 260 g/mol. The molecule has 0 amide bonds. The summed E-state index contributed by atoms with van der Waals surface area (Å²) in [6.07, 6.45) is 0.692. The minimum absolute atomic E-state index is 0. The van der Waals surface area contributed by atoms with Crippen LogP contribution in [0.15, 0.2) is 11.0 Å². The van der Waals surface area contributed by atoms with E-state index in [0.29, 0.717) is 6.42 Å². The van der Waals surface area contributed by atoms with Crippen molar-refractivity contribution < 1.29 is 53.1 Å². The van der Waals surface area contributed by atoms with Crippen LogP contribution >= 0.6 is 0 Å². The van der Waals surface area contributed by atoms with Crippen molar-refractivity contribution in [2.24, 2.45) is 0 Å². The van der Waals surface area contributed by atoms with Crippen molar-refractivity contribution in [3.05, 3.63) is 11.0 Å². The summed E-state index contributed by atoms with van der Waals surface area (Å²) in [6.45, 7) is 5.09. The second kappa shape index (κ2) is 9.18. The molecule has 0 aliphatic heterocycles. The van der Waals surface area contributed by atoms with Gasteiger partial charge in [0.25, 0.3) is 10.1 Å². The number of carbonyl (C=O) groups is 1. The Morgan fingerprint density at radius 2 is 1.94 bits per heavy atom. The van der Waals surface area contributed by atoms with Crippen LogP contribution in [0.3, 0.4) is 0 Å². The number of hydrogen-bond acceptors (Lipinski definition) is 5. The first-order chi connectivity index (χ1) is 6.93. The maximum absolute atomic E-state index is 11.2. The van der Waals surface area contributed by atoms with Gasteiger partial charge >= 0.3 is 35.5 Å². The van der Waals surface area contributed by atoms with Gasteiger partial charge in [-0.25, -0.2) is 4.79 Å². The van der Waals surface area contributed by atoms with Crippen molar-refractivity contribution in [3.8, 4) is 0 Å². The molecular formula is C9H17NaO5S. The molecule has 0 N–H and O–H groups in total. The first-order valence-electron chi connectivity index (χ1n) is 4.67. The van der Waals surface area contributed by atoms with E-state index in [1.165, 1.54) is 6.92 Å². The molecule has 0 aliphatic carbocycles. The van der Waals surface area contributed by atoms with Gasteiger partial charge in [-0.1, -0.05) is 6.92 Å². The van der Waals surface area contributed by atoms with E-state index < -0.39 is 16.1 Å². The van der Waals surface area contributed by atoms with Crippen molar-refractivity contribution in [2.75, 3.05) is 13.2 Å². The number of carbonyl (C=O) groups excluding carboxylic acids is 1. The van der Waals surface area contributed by atoms with Crippen molar-refractivity contribution in [2.45, 2.75) is 27.2 Å².